The molecule has 2 amide bonds. The third-order valence-corrected chi connectivity index (χ3v) is 4.39. The van der Waals surface area contributed by atoms with Crippen molar-refractivity contribution in [3.05, 3.63) is 23.8 Å². The summed E-state index contributed by atoms with van der Waals surface area (Å²) in [6.07, 6.45) is 4.19. The van der Waals surface area contributed by atoms with Gasteiger partial charge in [0, 0.05) is 25.7 Å². The highest BCUT2D eigenvalue weighted by Crippen LogP contribution is 2.04. The number of rotatable bonds is 9. The summed E-state index contributed by atoms with van der Waals surface area (Å²) in [5.41, 5.74) is 1.09. The number of ether oxygens (including phenoxy) is 1. The van der Waals surface area contributed by atoms with Gasteiger partial charge in [-0.25, -0.2) is 4.98 Å². The molecular weight excluding hydrogens is 334 g/mol. The fourth-order valence-electron chi connectivity index (χ4n) is 2.86. The van der Waals surface area contributed by atoms with Crippen LogP contribution < -0.4 is 10.2 Å². The van der Waals surface area contributed by atoms with E-state index in [-0.39, 0.29) is 11.8 Å². The molecule has 0 bridgehead atoms. The van der Waals surface area contributed by atoms with Gasteiger partial charge in [0.2, 0.25) is 5.91 Å². The van der Waals surface area contributed by atoms with Crippen LogP contribution in [-0.4, -0.2) is 79.2 Å². The van der Waals surface area contributed by atoms with Crippen LogP contribution >= 0.6 is 0 Å². The average Bonchev–Trinajstić information content (AvgIpc) is 2.66. The maximum absolute atomic E-state index is 12.6. The van der Waals surface area contributed by atoms with Crippen molar-refractivity contribution in [2.45, 2.75) is 26.7 Å². The molecule has 2 N–H and O–H groups in total. The molecule has 2 heterocycles. The fraction of sp³-hybridized carbons (Fsp3) is 0.667. The van der Waals surface area contributed by atoms with Gasteiger partial charge in [-0.15, -0.1) is 0 Å². The van der Waals surface area contributed by atoms with Gasteiger partial charge in [-0.1, -0.05) is 6.92 Å². The second-order valence-corrected chi connectivity index (χ2v) is 6.55. The Balaban J connectivity index is 1.74. The molecule has 0 atom stereocenters. The van der Waals surface area contributed by atoms with Crippen LogP contribution in [-0.2, 0) is 9.53 Å². The molecule has 1 aromatic heterocycles. The van der Waals surface area contributed by atoms with E-state index in [1.807, 2.05) is 13.8 Å². The molecule has 1 saturated heterocycles. The van der Waals surface area contributed by atoms with Gasteiger partial charge >= 0.3 is 0 Å². The van der Waals surface area contributed by atoms with E-state index in [1.54, 1.807) is 11.1 Å². The lowest BCUT2D eigenvalue weighted by Gasteiger charge is -2.24. The van der Waals surface area contributed by atoms with E-state index in [4.69, 9.17) is 4.74 Å². The van der Waals surface area contributed by atoms with Gasteiger partial charge in [0.05, 0.1) is 38.2 Å². The molecular formula is C18H30N5O3+. The Bertz CT molecular complexity index is 573. The van der Waals surface area contributed by atoms with E-state index in [9.17, 15) is 9.59 Å². The first kappa shape index (κ1) is 20.3. The van der Waals surface area contributed by atoms with Crippen LogP contribution in [0.3, 0.4) is 0 Å². The van der Waals surface area contributed by atoms with Crippen molar-refractivity contribution in [2.24, 2.45) is 0 Å². The summed E-state index contributed by atoms with van der Waals surface area (Å²) in [4.78, 5) is 36.0. The first-order chi connectivity index (χ1) is 12.6. The lowest BCUT2D eigenvalue weighted by molar-refractivity contribution is -0.906. The Labute approximate surface area is 154 Å². The summed E-state index contributed by atoms with van der Waals surface area (Å²) < 4.78 is 5.33. The van der Waals surface area contributed by atoms with Crippen molar-refractivity contribution < 1.29 is 19.2 Å². The summed E-state index contributed by atoms with van der Waals surface area (Å²) in [5.74, 6) is -0.202. The number of carbonyl (C=O) groups is 2. The molecule has 8 nitrogen and oxygen atoms in total. The number of aromatic nitrogens is 2. The van der Waals surface area contributed by atoms with E-state index in [1.165, 1.54) is 11.1 Å². The number of amides is 2. The lowest BCUT2D eigenvalue weighted by Crippen LogP contribution is -3.14. The molecule has 0 aromatic carbocycles. The second kappa shape index (κ2) is 10.8. The van der Waals surface area contributed by atoms with Crippen LogP contribution in [0.1, 0.15) is 35.9 Å². The van der Waals surface area contributed by atoms with Crippen LogP contribution in [0.4, 0.5) is 0 Å². The van der Waals surface area contributed by atoms with Crippen molar-refractivity contribution in [1.82, 2.24) is 20.2 Å². The van der Waals surface area contributed by atoms with Crippen LogP contribution in [0, 0.1) is 6.92 Å². The summed E-state index contributed by atoms with van der Waals surface area (Å²) in [6.45, 7) is 9.94. The molecule has 26 heavy (non-hydrogen) atoms. The third-order valence-electron chi connectivity index (χ3n) is 4.39. The number of quaternary nitrogens is 1. The highest BCUT2D eigenvalue weighted by atomic mass is 16.5. The van der Waals surface area contributed by atoms with Crippen LogP contribution in [0.5, 0.6) is 0 Å². The highest BCUT2D eigenvalue weighted by molar-refractivity contribution is 5.92. The maximum atomic E-state index is 12.6. The first-order valence-electron chi connectivity index (χ1n) is 9.36. The lowest BCUT2D eigenvalue weighted by atomic mass is 10.3. The zero-order valence-electron chi connectivity index (χ0n) is 15.8. The zero-order valence-corrected chi connectivity index (χ0v) is 15.8. The van der Waals surface area contributed by atoms with E-state index >= 15 is 0 Å². The van der Waals surface area contributed by atoms with Crippen molar-refractivity contribution >= 4 is 11.8 Å². The zero-order chi connectivity index (χ0) is 18.8. The molecule has 1 aliphatic heterocycles. The molecule has 1 aromatic rings. The van der Waals surface area contributed by atoms with Gasteiger partial charge in [-0.05, 0) is 13.3 Å². The van der Waals surface area contributed by atoms with E-state index in [0.717, 1.165) is 45.0 Å². The van der Waals surface area contributed by atoms with Crippen molar-refractivity contribution in [1.29, 1.82) is 0 Å². The van der Waals surface area contributed by atoms with Gasteiger partial charge < -0.3 is 19.9 Å². The summed E-state index contributed by atoms with van der Waals surface area (Å²) in [6, 6.07) is 0. The van der Waals surface area contributed by atoms with E-state index in [0.29, 0.717) is 31.7 Å². The summed E-state index contributed by atoms with van der Waals surface area (Å²) in [7, 11) is 0. The number of hydrogen-bond donors (Lipinski definition) is 2. The topological polar surface area (TPSA) is 88.9 Å². The predicted octanol–water partition coefficient (Wildman–Crippen LogP) is -0.941. The first-order valence-corrected chi connectivity index (χ1v) is 9.36. The SMILES string of the molecule is CCCN(CCC(=O)NCC[NH+]1CCOCC1)C(=O)c1cnc(C)cn1. The molecule has 0 radical (unpaired) electrons. The Morgan fingerprint density at radius 3 is 2.65 bits per heavy atom. The summed E-state index contributed by atoms with van der Waals surface area (Å²) >= 11 is 0. The minimum Gasteiger partial charge on any atom is -0.370 e. The van der Waals surface area contributed by atoms with Gasteiger partial charge in [-0.2, -0.15) is 0 Å². The minimum atomic E-state index is -0.176. The Morgan fingerprint density at radius 2 is 2.00 bits per heavy atom. The highest BCUT2D eigenvalue weighted by Gasteiger charge is 2.18. The number of nitrogens with zero attached hydrogens (tertiary/aromatic N) is 3. The molecule has 1 fully saturated rings. The quantitative estimate of drug-likeness (QED) is 0.590. The van der Waals surface area contributed by atoms with Crippen LogP contribution in [0.25, 0.3) is 0 Å². The standard InChI is InChI=1S/C18H29N5O3/c1-3-6-23(18(25)16-14-20-15(2)13-21-16)7-4-17(24)19-5-8-22-9-11-26-12-10-22/h13-14H,3-12H2,1-2H3,(H,19,24)/p+1. The predicted molar refractivity (Wildman–Crippen MR) is 97.0 cm³/mol. The van der Waals surface area contributed by atoms with Crippen molar-refractivity contribution in [3.8, 4) is 0 Å². The summed E-state index contributed by atoms with van der Waals surface area (Å²) in [5, 5.41) is 2.95. The molecule has 144 valence electrons. The van der Waals surface area contributed by atoms with Gasteiger partial charge in [0.15, 0.2) is 0 Å². The second-order valence-electron chi connectivity index (χ2n) is 6.55. The number of aryl methyl sites for hydroxylation is 1. The number of carbonyl (C=O) groups excluding carboxylic acids is 2. The fourth-order valence-corrected chi connectivity index (χ4v) is 2.86. The van der Waals surface area contributed by atoms with Crippen molar-refractivity contribution in [2.75, 3.05) is 52.5 Å². The molecule has 0 unspecified atom stereocenters. The van der Waals surface area contributed by atoms with Gasteiger partial charge in [-0.3, -0.25) is 14.6 Å². The molecule has 0 spiro atoms. The number of nitrogens with one attached hydrogen (secondary N) is 2. The van der Waals surface area contributed by atoms with Crippen LogP contribution in [0.2, 0.25) is 0 Å². The maximum Gasteiger partial charge on any atom is 0.274 e. The molecule has 1 aliphatic rings. The molecule has 0 saturated carbocycles. The largest absolute Gasteiger partial charge is 0.370 e. The average molecular weight is 364 g/mol. The Morgan fingerprint density at radius 1 is 1.23 bits per heavy atom. The Hall–Kier alpha value is -2.06. The molecule has 8 heteroatoms. The van der Waals surface area contributed by atoms with Gasteiger partial charge in [0.25, 0.3) is 5.91 Å². The third kappa shape index (κ3) is 6.68. The normalized spacial score (nSPS) is 14.8. The number of hydrogen-bond acceptors (Lipinski definition) is 5. The Kier molecular flexibility index (Phi) is 8.43. The minimum absolute atomic E-state index is 0.0263. The monoisotopic (exact) mass is 364 g/mol. The van der Waals surface area contributed by atoms with Crippen LogP contribution in [0.15, 0.2) is 12.4 Å². The van der Waals surface area contributed by atoms with E-state index in [2.05, 4.69) is 15.3 Å². The number of morpholine rings is 1. The van der Waals surface area contributed by atoms with E-state index < -0.39 is 0 Å². The van der Waals surface area contributed by atoms with Gasteiger partial charge in [0.1, 0.15) is 18.8 Å². The molecule has 2 rings (SSSR count). The van der Waals surface area contributed by atoms with Crippen molar-refractivity contribution in [3.63, 3.8) is 0 Å². The molecule has 0 aliphatic carbocycles. The smallest absolute Gasteiger partial charge is 0.274 e.